The van der Waals surface area contributed by atoms with Crippen LogP contribution in [0, 0.1) is 0 Å². The second-order valence-corrected chi connectivity index (χ2v) is 10.5. The average Bonchev–Trinajstić information content (AvgIpc) is 3.15. The molecule has 1 heterocycles. The van der Waals surface area contributed by atoms with Crippen LogP contribution in [-0.4, -0.2) is 9.97 Å². The van der Waals surface area contributed by atoms with Gasteiger partial charge in [-0.25, -0.2) is 9.97 Å². The van der Waals surface area contributed by atoms with Crippen molar-refractivity contribution in [2.45, 2.75) is 39.0 Å². The largest absolute Gasteiger partial charge is 0.228 e. The van der Waals surface area contributed by atoms with Gasteiger partial charge in [0, 0.05) is 22.1 Å². The molecule has 1 aliphatic carbocycles. The van der Waals surface area contributed by atoms with Gasteiger partial charge in [-0.15, -0.1) is 0 Å². The molecule has 1 aliphatic rings. The van der Waals surface area contributed by atoms with Crippen LogP contribution < -0.4 is 0 Å². The van der Waals surface area contributed by atoms with E-state index in [0.29, 0.717) is 5.92 Å². The van der Waals surface area contributed by atoms with Gasteiger partial charge in [-0.1, -0.05) is 119 Å². The van der Waals surface area contributed by atoms with Gasteiger partial charge >= 0.3 is 0 Å². The summed E-state index contributed by atoms with van der Waals surface area (Å²) >= 11 is 0. The molecule has 0 spiro atoms. The third-order valence-electron chi connectivity index (χ3n) is 7.49. The van der Waals surface area contributed by atoms with E-state index in [2.05, 4.69) is 107 Å². The zero-order valence-corrected chi connectivity index (χ0v) is 21.3. The van der Waals surface area contributed by atoms with E-state index in [9.17, 15) is 0 Å². The third-order valence-corrected chi connectivity index (χ3v) is 7.49. The Morgan fingerprint density at radius 3 is 1.75 bits per heavy atom. The Morgan fingerprint density at radius 2 is 1.11 bits per heavy atom. The van der Waals surface area contributed by atoms with Crippen molar-refractivity contribution in [2.75, 3.05) is 0 Å². The Morgan fingerprint density at radius 1 is 0.556 bits per heavy atom. The van der Waals surface area contributed by atoms with E-state index in [1.807, 2.05) is 24.3 Å². The van der Waals surface area contributed by atoms with Crippen molar-refractivity contribution < 1.29 is 0 Å². The van der Waals surface area contributed by atoms with Crippen LogP contribution in [0.3, 0.4) is 0 Å². The molecule has 1 aromatic heterocycles. The fraction of sp³-hybridized carbons (Fsp3) is 0.176. The van der Waals surface area contributed by atoms with Crippen LogP contribution >= 0.6 is 0 Å². The van der Waals surface area contributed by atoms with E-state index >= 15 is 0 Å². The summed E-state index contributed by atoms with van der Waals surface area (Å²) in [5.41, 5.74) is 11.9. The smallest absolute Gasteiger partial charge is 0.160 e. The van der Waals surface area contributed by atoms with Crippen molar-refractivity contribution in [1.82, 2.24) is 9.97 Å². The van der Waals surface area contributed by atoms with Crippen LogP contribution in [0.1, 0.15) is 50.3 Å². The minimum atomic E-state index is -0.0663. The molecule has 6 rings (SSSR count). The summed E-state index contributed by atoms with van der Waals surface area (Å²) in [6.07, 6.45) is 0. The number of rotatable bonds is 4. The minimum Gasteiger partial charge on any atom is -0.228 e. The van der Waals surface area contributed by atoms with Crippen molar-refractivity contribution >= 4 is 0 Å². The number of benzene rings is 4. The molecule has 0 radical (unpaired) electrons. The molecule has 0 unspecified atom stereocenters. The zero-order chi connectivity index (χ0) is 24.9. The number of nitrogens with zero attached hydrogens (tertiary/aromatic N) is 2. The van der Waals surface area contributed by atoms with E-state index in [0.717, 1.165) is 33.9 Å². The monoisotopic (exact) mass is 466 g/mol. The van der Waals surface area contributed by atoms with Gasteiger partial charge in [-0.2, -0.15) is 0 Å². The number of hydrogen-bond acceptors (Lipinski definition) is 2. The summed E-state index contributed by atoms with van der Waals surface area (Å²) in [7, 11) is 0. The molecule has 0 aliphatic heterocycles. The number of hydrogen-bond donors (Lipinski definition) is 0. The van der Waals surface area contributed by atoms with E-state index in [4.69, 9.17) is 9.97 Å². The van der Waals surface area contributed by atoms with Crippen LogP contribution in [0.25, 0.3) is 45.0 Å². The van der Waals surface area contributed by atoms with Crippen molar-refractivity contribution in [3.05, 3.63) is 120 Å². The molecule has 5 aromatic rings. The number of aromatic nitrogens is 2. The van der Waals surface area contributed by atoms with E-state index in [1.54, 1.807) is 0 Å². The van der Waals surface area contributed by atoms with Crippen LogP contribution in [0.2, 0.25) is 0 Å². The first-order valence-corrected chi connectivity index (χ1v) is 12.7. The topological polar surface area (TPSA) is 25.8 Å². The molecule has 0 N–H and O–H groups in total. The fourth-order valence-electron chi connectivity index (χ4n) is 5.34. The zero-order valence-electron chi connectivity index (χ0n) is 21.3. The molecule has 176 valence electrons. The summed E-state index contributed by atoms with van der Waals surface area (Å²) in [4.78, 5) is 10.00. The lowest BCUT2D eigenvalue weighted by molar-refractivity contribution is 0.658. The SMILES string of the molecule is CC(C)c1ccc2c(c1)C(C)(C)c1cc(-c3cc(-c4ccccc4)nc(-c4ccccc4)n3)ccc1-2. The lowest BCUT2D eigenvalue weighted by atomic mass is 9.81. The normalized spacial score (nSPS) is 13.5. The molecular weight excluding hydrogens is 436 g/mol. The lowest BCUT2D eigenvalue weighted by Gasteiger charge is -2.23. The Kier molecular flexibility index (Phi) is 5.34. The van der Waals surface area contributed by atoms with E-state index < -0.39 is 0 Å². The first-order valence-electron chi connectivity index (χ1n) is 12.7. The standard InChI is InChI=1S/C34H30N2/c1-22(2)25-15-17-27-28-18-16-26(20-30(28)34(3,4)29(27)19-25)32-21-31(23-11-7-5-8-12-23)35-33(36-32)24-13-9-6-10-14-24/h5-22H,1-4H3. The fourth-order valence-corrected chi connectivity index (χ4v) is 5.34. The predicted molar refractivity (Wildman–Crippen MR) is 150 cm³/mol. The average molecular weight is 467 g/mol. The summed E-state index contributed by atoms with van der Waals surface area (Å²) in [5.74, 6) is 1.26. The van der Waals surface area contributed by atoms with Crippen LogP contribution in [0.15, 0.2) is 103 Å². The summed E-state index contributed by atoms with van der Waals surface area (Å²) in [6.45, 7) is 9.21. The van der Waals surface area contributed by atoms with Crippen molar-refractivity contribution in [3.8, 4) is 45.0 Å². The van der Waals surface area contributed by atoms with Gasteiger partial charge in [0.25, 0.3) is 0 Å². The predicted octanol–water partition coefficient (Wildman–Crippen LogP) is 8.91. The highest BCUT2D eigenvalue weighted by Gasteiger charge is 2.36. The Labute approximate surface area is 213 Å². The molecule has 4 aromatic carbocycles. The molecule has 0 bridgehead atoms. The second kappa shape index (κ2) is 8.57. The molecule has 0 saturated carbocycles. The first-order chi connectivity index (χ1) is 17.4. The van der Waals surface area contributed by atoms with Crippen LogP contribution in [0.5, 0.6) is 0 Å². The van der Waals surface area contributed by atoms with E-state index in [1.165, 1.54) is 27.8 Å². The van der Waals surface area contributed by atoms with Crippen molar-refractivity contribution in [2.24, 2.45) is 0 Å². The maximum absolute atomic E-state index is 5.05. The number of fused-ring (bicyclic) bond motifs is 3. The van der Waals surface area contributed by atoms with E-state index in [-0.39, 0.29) is 5.41 Å². The Balaban J connectivity index is 1.51. The van der Waals surface area contributed by atoms with Gasteiger partial charge in [0.1, 0.15) is 0 Å². The maximum Gasteiger partial charge on any atom is 0.160 e. The van der Waals surface area contributed by atoms with Gasteiger partial charge in [0.2, 0.25) is 0 Å². The molecule has 36 heavy (non-hydrogen) atoms. The Hall–Kier alpha value is -4.04. The van der Waals surface area contributed by atoms with Gasteiger partial charge in [0.05, 0.1) is 11.4 Å². The highest BCUT2D eigenvalue weighted by Crippen LogP contribution is 2.50. The van der Waals surface area contributed by atoms with Crippen molar-refractivity contribution in [3.63, 3.8) is 0 Å². The second-order valence-electron chi connectivity index (χ2n) is 10.5. The van der Waals surface area contributed by atoms with Gasteiger partial charge in [-0.3, -0.25) is 0 Å². The quantitative estimate of drug-likeness (QED) is 0.264. The van der Waals surface area contributed by atoms with Gasteiger partial charge in [0.15, 0.2) is 5.82 Å². The maximum atomic E-state index is 5.05. The summed E-state index contributed by atoms with van der Waals surface area (Å²) in [5, 5.41) is 0. The molecule has 2 heteroatoms. The minimum absolute atomic E-state index is 0.0663. The van der Waals surface area contributed by atoms with Crippen molar-refractivity contribution in [1.29, 1.82) is 0 Å². The lowest BCUT2D eigenvalue weighted by Crippen LogP contribution is -2.15. The van der Waals surface area contributed by atoms with Gasteiger partial charge in [-0.05, 0) is 45.9 Å². The molecule has 2 nitrogen and oxygen atoms in total. The summed E-state index contributed by atoms with van der Waals surface area (Å²) < 4.78 is 0. The summed E-state index contributed by atoms with van der Waals surface area (Å²) in [6, 6.07) is 36.6. The molecule has 0 amide bonds. The van der Waals surface area contributed by atoms with Crippen LogP contribution in [-0.2, 0) is 5.41 Å². The molecule has 0 fully saturated rings. The highest BCUT2D eigenvalue weighted by molar-refractivity contribution is 5.84. The highest BCUT2D eigenvalue weighted by atomic mass is 14.9. The van der Waals surface area contributed by atoms with Crippen LogP contribution in [0.4, 0.5) is 0 Å². The van der Waals surface area contributed by atoms with Gasteiger partial charge < -0.3 is 0 Å². The molecular formula is C34H30N2. The first kappa shape index (κ1) is 22.4. The molecule has 0 saturated heterocycles. The molecule has 0 atom stereocenters. The Bertz CT molecular complexity index is 1510. The third kappa shape index (κ3) is 3.74.